The number of nitrogens with zero attached hydrogens (tertiary/aromatic N) is 2. The van der Waals surface area contributed by atoms with Crippen molar-refractivity contribution in [2.45, 2.75) is 65.0 Å². The van der Waals surface area contributed by atoms with Crippen LogP contribution >= 0.6 is 0 Å². The van der Waals surface area contributed by atoms with Gasteiger partial charge in [-0.05, 0) is 38.7 Å². The van der Waals surface area contributed by atoms with E-state index in [-0.39, 0.29) is 0 Å². The van der Waals surface area contributed by atoms with Gasteiger partial charge in [-0.15, -0.1) is 0 Å². The van der Waals surface area contributed by atoms with Crippen LogP contribution in [0.1, 0.15) is 51.4 Å². The Balaban J connectivity index is 2.07. The summed E-state index contributed by atoms with van der Waals surface area (Å²) in [4.78, 5) is 0. The maximum atomic E-state index is 10.4. The van der Waals surface area contributed by atoms with Gasteiger partial charge in [-0.25, -0.2) is 0 Å². The standard InChI is InChI=1S/C14H24N2O/c1-4-12-8-13(16(5-2)15-12)10-14(3,17)9-11-6-7-11/h8,11,17H,4-7,9-10H2,1-3H3. The summed E-state index contributed by atoms with van der Waals surface area (Å²) in [6.45, 7) is 7.07. The van der Waals surface area contributed by atoms with Crippen molar-refractivity contribution < 1.29 is 5.11 Å². The molecule has 0 saturated heterocycles. The van der Waals surface area contributed by atoms with Crippen LogP contribution in [0.25, 0.3) is 0 Å². The lowest BCUT2D eigenvalue weighted by Gasteiger charge is -2.23. The lowest BCUT2D eigenvalue weighted by molar-refractivity contribution is 0.0435. The average Bonchev–Trinajstić information content (AvgIpc) is 2.96. The van der Waals surface area contributed by atoms with Gasteiger partial charge in [-0.2, -0.15) is 5.10 Å². The van der Waals surface area contributed by atoms with Crippen LogP contribution < -0.4 is 0 Å². The zero-order valence-corrected chi connectivity index (χ0v) is 11.2. The Morgan fingerprint density at radius 1 is 1.47 bits per heavy atom. The summed E-state index contributed by atoms with van der Waals surface area (Å²) >= 11 is 0. The van der Waals surface area contributed by atoms with E-state index in [9.17, 15) is 5.11 Å². The molecule has 1 saturated carbocycles. The molecule has 2 rings (SSSR count). The van der Waals surface area contributed by atoms with E-state index in [4.69, 9.17) is 0 Å². The van der Waals surface area contributed by atoms with Gasteiger partial charge in [-0.3, -0.25) is 4.68 Å². The van der Waals surface area contributed by atoms with E-state index in [0.717, 1.165) is 37.4 Å². The number of aromatic nitrogens is 2. The molecule has 3 nitrogen and oxygen atoms in total. The first-order valence-corrected chi connectivity index (χ1v) is 6.82. The number of aliphatic hydroxyl groups is 1. The van der Waals surface area contributed by atoms with Crippen molar-refractivity contribution >= 4 is 0 Å². The van der Waals surface area contributed by atoms with Crippen molar-refractivity contribution in [2.24, 2.45) is 5.92 Å². The molecule has 1 heterocycles. The Hall–Kier alpha value is -0.830. The van der Waals surface area contributed by atoms with Crippen molar-refractivity contribution in [3.63, 3.8) is 0 Å². The predicted octanol–water partition coefficient (Wildman–Crippen LogP) is 2.56. The Morgan fingerprint density at radius 2 is 2.18 bits per heavy atom. The van der Waals surface area contributed by atoms with Crippen molar-refractivity contribution in [3.05, 3.63) is 17.5 Å². The number of hydrogen-bond acceptors (Lipinski definition) is 2. The molecule has 17 heavy (non-hydrogen) atoms. The molecule has 0 spiro atoms. The molecule has 1 N–H and O–H groups in total. The molecule has 1 aromatic heterocycles. The van der Waals surface area contributed by atoms with E-state index in [2.05, 4.69) is 25.0 Å². The van der Waals surface area contributed by atoms with E-state index in [1.54, 1.807) is 0 Å². The zero-order valence-electron chi connectivity index (χ0n) is 11.2. The van der Waals surface area contributed by atoms with Gasteiger partial charge < -0.3 is 5.11 Å². The fourth-order valence-corrected chi connectivity index (χ4v) is 2.51. The zero-order chi connectivity index (χ0) is 12.5. The second kappa shape index (κ2) is 4.81. The van der Waals surface area contributed by atoms with Crippen molar-refractivity contribution in [2.75, 3.05) is 0 Å². The smallest absolute Gasteiger partial charge is 0.0677 e. The van der Waals surface area contributed by atoms with Crippen LogP contribution in [0.3, 0.4) is 0 Å². The fourth-order valence-electron chi connectivity index (χ4n) is 2.51. The minimum atomic E-state index is -0.570. The van der Waals surface area contributed by atoms with Crippen LogP contribution in [-0.2, 0) is 19.4 Å². The Bertz CT molecular complexity index is 378. The van der Waals surface area contributed by atoms with E-state index in [1.165, 1.54) is 18.5 Å². The molecule has 1 unspecified atom stereocenters. The highest BCUT2D eigenvalue weighted by atomic mass is 16.3. The molecule has 0 amide bonds. The SMILES string of the molecule is CCc1cc(CC(C)(O)CC2CC2)n(CC)n1. The van der Waals surface area contributed by atoms with Crippen LogP contribution in [-0.4, -0.2) is 20.5 Å². The van der Waals surface area contributed by atoms with Crippen LogP contribution in [0.5, 0.6) is 0 Å². The summed E-state index contributed by atoms with van der Waals surface area (Å²) in [5.74, 6) is 0.758. The second-order valence-corrected chi connectivity index (χ2v) is 5.62. The van der Waals surface area contributed by atoms with Crippen LogP contribution in [0.2, 0.25) is 0 Å². The van der Waals surface area contributed by atoms with Gasteiger partial charge in [0, 0.05) is 18.7 Å². The topological polar surface area (TPSA) is 38.0 Å². The molecule has 0 aliphatic heterocycles. The molecule has 1 fully saturated rings. The molecule has 0 aromatic carbocycles. The number of hydrogen-bond donors (Lipinski definition) is 1. The summed E-state index contributed by atoms with van der Waals surface area (Å²) in [6.07, 6.45) is 5.21. The quantitative estimate of drug-likeness (QED) is 0.824. The highest BCUT2D eigenvalue weighted by Gasteiger charge is 2.32. The summed E-state index contributed by atoms with van der Waals surface area (Å²) < 4.78 is 2.03. The number of aryl methyl sites for hydroxylation is 2. The first-order valence-electron chi connectivity index (χ1n) is 6.82. The fraction of sp³-hybridized carbons (Fsp3) is 0.786. The molecular formula is C14H24N2O. The van der Waals surface area contributed by atoms with Crippen molar-refractivity contribution in [1.82, 2.24) is 9.78 Å². The lowest BCUT2D eigenvalue weighted by Crippen LogP contribution is -2.29. The summed E-state index contributed by atoms with van der Waals surface area (Å²) in [6, 6.07) is 2.14. The molecular weight excluding hydrogens is 212 g/mol. The first kappa shape index (κ1) is 12.6. The molecule has 0 bridgehead atoms. The van der Waals surface area contributed by atoms with E-state index >= 15 is 0 Å². The molecule has 1 aromatic rings. The maximum absolute atomic E-state index is 10.4. The molecule has 1 aliphatic rings. The monoisotopic (exact) mass is 236 g/mol. The summed E-state index contributed by atoms with van der Waals surface area (Å²) in [5, 5.41) is 15.0. The third-order valence-corrected chi connectivity index (χ3v) is 3.56. The Labute approximate surface area is 104 Å². The van der Waals surface area contributed by atoms with Gasteiger partial charge >= 0.3 is 0 Å². The largest absolute Gasteiger partial charge is 0.390 e. The first-order chi connectivity index (χ1) is 8.04. The highest BCUT2D eigenvalue weighted by molar-refractivity contribution is 5.13. The van der Waals surface area contributed by atoms with Crippen molar-refractivity contribution in [3.8, 4) is 0 Å². The van der Waals surface area contributed by atoms with Gasteiger partial charge in [0.2, 0.25) is 0 Å². The van der Waals surface area contributed by atoms with Crippen LogP contribution in [0.15, 0.2) is 6.07 Å². The van der Waals surface area contributed by atoms with E-state index in [0.29, 0.717) is 0 Å². The van der Waals surface area contributed by atoms with Gasteiger partial charge in [0.05, 0.1) is 11.3 Å². The van der Waals surface area contributed by atoms with Crippen LogP contribution in [0.4, 0.5) is 0 Å². The van der Waals surface area contributed by atoms with E-state index in [1.807, 2.05) is 11.6 Å². The van der Waals surface area contributed by atoms with Gasteiger partial charge in [0.15, 0.2) is 0 Å². The predicted molar refractivity (Wildman–Crippen MR) is 68.9 cm³/mol. The minimum Gasteiger partial charge on any atom is -0.390 e. The average molecular weight is 236 g/mol. The molecule has 0 radical (unpaired) electrons. The Morgan fingerprint density at radius 3 is 2.71 bits per heavy atom. The maximum Gasteiger partial charge on any atom is 0.0677 e. The van der Waals surface area contributed by atoms with Gasteiger partial charge in [0.25, 0.3) is 0 Å². The van der Waals surface area contributed by atoms with Crippen LogP contribution in [0, 0.1) is 5.92 Å². The molecule has 3 heteroatoms. The second-order valence-electron chi connectivity index (χ2n) is 5.62. The third kappa shape index (κ3) is 3.32. The Kier molecular flexibility index (Phi) is 3.57. The lowest BCUT2D eigenvalue weighted by atomic mass is 9.93. The highest BCUT2D eigenvalue weighted by Crippen LogP contribution is 2.37. The minimum absolute atomic E-state index is 0.570. The van der Waals surface area contributed by atoms with E-state index < -0.39 is 5.60 Å². The number of rotatable bonds is 6. The van der Waals surface area contributed by atoms with Gasteiger partial charge in [0.1, 0.15) is 0 Å². The molecule has 1 atom stereocenters. The third-order valence-electron chi connectivity index (χ3n) is 3.56. The molecule has 96 valence electrons. The molecule has 1 aliphatic carbocycles. The van der Waals surface area contributed by atoms with Gasteiger partial charge in [-0.1, -0.05) is 19.8 Å². The normalized spacial score (nSPS) is 19.3. The van der Waals surface area contributed by atoms with Crippen molar-refractivity contribution in [1.29, 1.82) is 0 Å². The summed E-state index contributed by atoms with van der Waals surface area (Å²) in [5.41, 5.74) is 1.73. The summed E-state index contributed by atoms with van der Waals surface area (Å²) in [7, 11) is 0.